The van der Waals surface area contributed by atoms with E-state index in [9.17, 15) is 132 Å². The quantitative estimate of drug-likeness (QED) is 0.0106. The molecule has 0 amide bonds. The van der Waals surface area contributed by atoms with Gasteiger partial charge < -0.3 is 9.47 Å². The van der Waals surface area contributed by atoms with Gasteiger partial charge in [-0.05, 0) is 244 Å². The maximum atomic E-state index is 12.5. The van der Waals surface area contributed by atoms with Gasteiger partial charge in [-0.1, -0.05) is 84.9 Å². The number of anilines is 6. The number of nitrogens with one attached hydrogen (secondary N) is 6. The number of sulfonamides is 6. The van der Waals surface area contributed by atoms with Crippen LogP contribution in [0.25, 0.3) is 0 Å². The number of aryl methyl sites for hydroxylation is 4. The van der Waals surface area contributed by atoms with Gasteiger partial charge in [0, 0.05) is 67.5 Å². The summed E-state index contributed by atoms with van der Waals surface area (Å²) in [6.45, 7) is 7.49. The first-order chi connectivity index (χ1) is 66.1. The van der Waals surface area contributed by atoms with Crippen LogP contribution in [0.15, 0.2) is 308 Å². The summed E-state index contributed by atoms with van der Waals surface area (Å²) in [5, 5.41) is 0. The lowest BCUT2D eigenvalue weighted by molar-refractivity contribution is -0.275. The Kier molecular flexibility index (Phi) is 41.9. The lowest BCUT2D eigenvalue weighted by Crippen LogP contribution is -2.17. The second-order valence-corrected chi connectivity index (χ2v) is 41.3. The smallest absolute Gasteiger partial charge is 0.406 e. The molecule has 142 heavy (non-hydrogen) atoms. The highest BCUT2D eigenvalue weighted by Crippen LogP contribution is 2.35. The van der Waals surface area contributed by atoms with Crippen molar-refractivity contribution >= 4 is 205 Å². The van der Waals surface area contributed by atoms with E-state index in [1.54, 1.807) is 54.6 Å². The molecule has 0 spiro atoms. The summed E-state index contributed by atoms with van der Waals surface area (Å²) in [4.78, 5) is 69.0. The number of benzene rings is 12. The summed E-state index contributed by atoms with van der Waals surface area (Å²) in [6, 6.07) is 59.8. The Bertz CT molecular complexity index is 7250. The number of hydrogen-bond donors (Lipinski definition) is 12. The van der Waals surface area contributed by atoms with Crippen molar-refractivity contribution in [3.05, 3.63) is 346 Å². The predicted octanol–water partition coefficient (Wildman–Crippen LogP) is 20.7. The molecule has 0 bridgehead atoms. The van der Waals surface area contributed by atoms with Crippen molar-refractivity contribution in [2.75, 3.05) is 62.8 Å². The molecule has 0 radical (unpaired) electrons. The Morgan fingerprint density at radius 3 is 0.711 bits per heavy atom. The third-order valence-corrected chi connectivity index (χ3v) is 28.2. The number of ketones is 6. The molecule has 0 aromatic heterocycles. The summed E-state index contributed by atoms with van der Waals surface area (Å²) in [7, 11) is -23.6. The topological polar surface area (TPSA) is 398 Å². The van der Waals surface area contributed by atoms with Crippen LogP contribution in [0.2, 0.25) is 0 Å². The molecule has 12 rings (SSSR count). The zero-order chi connectivity index (χ0) is 106. The largest absolute Gasteiger partial charge is 0.573 e. The first-order valence-corrected chi connectivity index (χ1v) is 52.6. The number of carbonyl (C=O) groups is 6. The monoisotopic (exact) mass is 2200 g/mol. The molecule has 26 nitrogen and oxygen atoms in total. The van der Waals surface area contributed by atoms with E-state index in [2.05, 4.69) is 114 Å². The lowest BCUT2D eigenvalue weighted by atomic mass is 10.1. The highest BCUT2D eigenvalue weighted by Gasteiger charge is 2.35. The molecule has 0 heterocycles. The molecule has 0 aliphatic heterocycles. The zero-order valence-corrected chi connectivity index (χ0v) is 83.9. The van der Waals surface area contributed by atoms with E-state index in [4.69, 9.17) is 0 Å². The summed E-state index contributed by atoms with van der Waals surface area (Å²) >= 11 is 23.3. The minimum atomic E-state index is -4.86. The minimum absolute atomic E-state index is 0.0195. The molecular weight excluding hydrogens is 2120 g/mol. The molecule has 0 saturated heterocycles. The van der Waals surface area contributed by atoms with Gasteiger partial charge in [-0.25, -0.2) is 50.5 Å². The third kappa shape index (κ3) is 37.1. The number of carbonyl (C=O) groups excluding carboxylic acids is 6. The Labute approximate surface area is 841 Å². The fourth-order valence-electron chi connectivity index (χ4n) is 11.8. The molecule has 0 unspecified atom stereocenters. The van der Waals surface area contributed by atoms with Crippen LogP contribution in [0, 0.1) is 27.7 Å². The van der Waals surface area contributed by atoms with E-state index in [1.807, 2.05) is 39.8 Å². The van der Waals surface area contributed by atoms with Gasteiger partial charge >= 0.3 is 25.1 Å². The molecular formula is C92H82F12N6O20S12. The van der Waals surface area contributed by atoms with E-state index in [0.29, 0.717) is 34.6 Å². The molecule has 756 valence electrons. The molecule has 12 aromatic carbocycles. The Morgan fingerprint density at radius 2 is 0.444 bits per heavy atom. The fourth-order valence-corrected chi connectivity index (χ4v) is 19.6. The normalized spacial score (nSPS) is 11.7. The fraction of sp³-hybridized carbons (Fsp3) is 0.152. The van der Waals surface area contributed by atoms with Gasteiger partial charge in [0.25, 0.3) is 60.1 Å². The Balaban J connectivity index is 0.000000232. The molecule has 6 N–H and O–H groups in total. The molecule has 50 heteroatoms. The van der Waals surface area contributed by atoms with E-state index < -0.39 is 108 Å². The van der Waals surface area contributed by atoms with E-state index in [0.717, 1.165) is 107 Å². The first-order valence-electron chi connectivity index (χ1n) is 40.0. The second kappa shape index (κ2) is 50.8. The van der Waals surface area contributed by atoms with Crippen molar-refractivity contribution in [2.24, 2.45) is 0 Å². The number of rotatable bonds is 32. The van der Waals surface area contributed by atoms with Gasteiger partial charge in [0.2, 0.25) is 0 Å². The number of ether oxygens (including phenoxy) is 2. The summed E-state index contributed by atoms with van der Waals surface area (Å²) < 4.78 is 317. The molecule has 0 fully saturated rings. The highest BCUT2D eigenvalue weighted by atomic mass is 32.2. The summed E-state index contributed by atoms with van der Waals surface area (Å²) in [5.74, 6) is -2.72. The second-order valence-electron chi connectivity index (χ2n) is 29.3. The number of hydrogen-bond acceptors (Lipinski definition) is 26. The molecule has 0 aliphatic carbocycles. The van der Waals surface area contributed by atoms with Gasteiger partial charge in [0.1, 0.15) is 11.5 Å². The van der Waals surface area contributed by atoms with Crippen LogP contribution in [-0.2, 0) is 72.5 Å². The molecule has 0 saturated carbocycles. The van der Waals surface area contributed by atoms with Crippen molar-refractivity contribution in [2.45, 2.75) is 82.1 Å². The van der Waals surface area contributed by atoms with Crippen LogP contribution < -0.4 is 37.8 Å². The van der Waals surface area contributed by atoms with Gasteiger partial charge in [-0.15, -0.1) is 26.3 Å². The van der Waals surface area contributed by atoms with Crippen molar-refractivity contribution in [1.29, 1.82) is 0 Å². The van der Waals surface area contributed by atoms with E-state index >= 15 is 0 Å². The van der Waals surface area contributed by atoms with Crippen molar-refractivity contribution in [1.82, 2.24) is 0 Å². The third-order valence-electron chi connectivity index (χ3n) is 18.2. The SMILES string of the molecule is Cc1cc(C)cc(NS(=O)(=O)c2cccc(C(=O)CS)c2)c1.Cc1cc(C)cc(S(=O)(=O)Nc2cccc(C(=O)CS)c2)c1.O=C(CS)c1cccc(NS(=O)(=O)c2ccc(C(F)(F)F)cc2)c1.O=C(CS)c1cccc(NS(=O)(=O)c2ccc(OC(F)(F)F)cc2)c1.O=C(CS)c1cccc(S(=O)(=O)Nc2ccc(C(F)(F)F)cc2)c1.O=C(CS)c1cccc(S(=O)(=O)Nc2ccc(OC(F)(F)F)cc2)c1. The first kappa shape index (κ1) is 117. The van der Waals surface area contributed by atoms with Crippen molar-refractivity contribution < 1.29 is 141 Å². The number of thiol groups is 6. The summed E-state index contributed by atoms with van der Waals surface area (Å²) in [5.41, 5.74) is 4.69. The number of alkyl halides is 12. The zero-order valence-electron chi connectivity index (χ0n) is 73.6. The maximum Gasteiger partial charge on any atom is 0.573 e. The van der Waals surface area contributed by atoms with Crippen molar-refractivity contribution in [3.8, 4) is 11.5 Å². The Morgan fingerprint density at radius 1 is 0.232 bits per heavy atom. The van der Waals surface area contributed by atoms with Crippen LogP contribution in [-0.4, -0.2) is 132 Å². The average Bonchev–Trinajstić information content (AvgIpc) is 0.818. The Hall–Kier alpha value is -12.0. The highest BCUT2D eigenvalue weighted by molar-refractivity contribution is 7.94. The summed E-state index contributed by atoms with van der Waals surface area (Å²) in [6.07, 6.45) is -18.7. The average molecular weight is 2200 g/mol. The van der Waals surface area contributed by atoms with Gasteiger partial charge in [0.15, 0.2) is 34.7 Å². The molecule has 12 aromatic rings. The lowest BCUT2D eigenvalue weighted by Gasteiger charge is -2.11. The van der Waals surface area contributed by atoms with Gasteiger partial charge in [0.05, 0.1) is 75.0 Å². The van der Waals surface area contributed by atoms with Crippen LogP contribution in [0.3, 0.4) is 0 Å². The number of Topliss-reactive ketones (excluding diaryl/α,β-unsaturated/α-hetero) is 6. The van der Waals surface area contributed by atoms with Crippen LogP contribution in [0.5, 0.6) is 11.5 Å². The van der Waals surface area contributed by atoms with Crippen molar-refractivity contribution in [3.63, 3.8) is 0 Å². The standard InChI is InChI=1S/2C16H17NO3S2.2C15H12F3NO4S2.2C15H12F3NO3S2/c1-11-6-12(2)8-14(7-11)17-22(19,20)15-5-3-4-13(9-15)16(18)10-21;1-11-6-12(2)8-15(7-11)22(19,20)17-14-5-3-4-13(9-14)16(18)10-21;16-15(17,18)23-12-6-4-11(5-7-12)19-25(21,22)13-3-1-2-10(8-13)14(20)9-24;16-15(17,18)23-12-4-6-13(7-5-12)25(21,22)19-11-3-1-2-10(8-11)14(20)9-24;16-15(17,18)11-4-6-12(7-5-11)19-24(21,22)13-3-1-2-10(8-13)14(20)9-23;16-15(17,18)11-4-6-13(7-5-11)24(21,22)19-12-3-1-2-10(8-12)14(20)9-23/h2*3-9,17,21H,10H2,1-2H3;2*1-8,19,24H,9H2;2*1-8,19,23H,9H2. The van der Waals surface area contributed by atoms with Crippen LogP contribution in [0.4, 0.5) is 86.8 Å². The number of halogens is 12. The van der Waals surface area contributed by atoms with Crippen LogP contribution >= 0.6 is 75.8 Å². The maximum absolute atomic E-state index is 12.5. The van der Waals surface area contributed by atoms with E-state index in [-0.39, 0.29) is 144 Å². The van der Waals surface area contributed by atoms with E-state index in [1.165, 1.54) is 115 Å². The predicted molar refractivity (Wildman–Crippen MR) is 534 cm³/mol. The van der Waals surface area contributed by atoms with Gasteiger partial charge in [-0.2, -0.15) is 102 Å². The molecule has 0 aliphatic rings. The molecule has 0 atom stereocenters. The van der Waals surface area contributed by atoms with Gasteiger partial charge in [-0.3, -0.25) is 57.1 Å². The minimum Gasteiger partial charge on any atom is -0.406 e. The van der Waals surface area contributed by atoms with Crippen LogP contribution in [0.1, 0.15) is 95.5 Å².